The monoisotopic (exact) mass is 302 g/mol. The Balaban J connectivity index is 1.84. The van der Waals surface area contributed by atoms with Gasteiger partial charge in [-0.05, 0) is 44.4 Å². The molecule has 3 N–H and O–H groups in total. The van der Waals surface area contributed by atoms with Gasteiger partial charge < -0.3 is 11.1 Å². The van der Waals surface area contributed by atoms with E-state index in [1.807, 2.05) is 31.2 Å². The molecule has 1 atom stereocenters. The predicted molar refractivity (Wildman–Crippen MR) is 86.6 cm³/mol. The number of rotatable bonds is 4. The van der Waals surface area contributed by atoms with Crippen molar-refractivity contribution in [1.29, 1.82) is 0 Å². The summed E-state index contributed by atoms with van der Waals surface area (Å²) in [7, 11) is 0. The van der Waals surface area contributed by atoms with Crippen LogP contribution in [0.4, 0.5) is 11.6 Å². The van der Waals surface area contributed by atoms with Crippen LogP contribution in [0.5, 0.6) is 0 Å². The topological polar surface area (TPSA) is 63.8 Å². The van der Waals surface area contributed by atoms with E-state index >= 15 is 0 Å². The molecular formula is C16H19ClN4. The number of hydrogen-bond donors (Lipinski definition) is 2. The number of hydrogen-bond acceptors (Lipinski definition) is 4. The Bertz CT molecular complexity index is 650. The van der Waals surface area contributed by atoms with Gasteiger partial charge in [0.1, 0.15) is 17.5 Å². The molecule has 5 heteroatoms. The quantitative estimate of drug-likeness (QED) is 0.893. The zero-order valence-corrected chi connectivity index (χ0v) is 13.0. The van der Waals surface area contributed by atoms with Gasteiger partial charge in [0.15, 0.2) is 0 Å². The fraction of sp³-hybridized carbons (Fsp3) is 0.375. The van der Waals surface area contributed by atoms with E-state index in [9.17, 15) is 0 Å². The molecule has 1 heterocycles. The molecule has 1 aliphatic rings. The summed E-state index contributed by atoms with van der Waals surface area (Å²) in [5.41, 5.74) is 8.07. The van der Waals surface area contributed by atoms with Gasteiger partial charge in [0.25, 0.3) is 0 Å². The summed E-state index contributed by atoms with van der Waals surface area (Å²) >= 11 is 5.93. The number of nitrogen functional groups attached to an aromatic ring is 1. The summed E-state index contributed by atoms with van der Waals surface area (Å²) in [5.74, 6) is 2.74. The number of benzene rings is 1. The molecule has 1 saturated carbocycles. The van der Waals surface area contributed by atoms with Crippen molar-refractivity contribution in [2.75, 3.05) is 11.1 Å². The summed E-state index contributed by atoms with van der Waals surface area (Å²) in [6.07, 6.45) is 2.32. The number of nitrogens with zero attached hydrogens (tertiary/aromatic N) is 2. The normalized spacial score (nSPS) is 15.8. The molecule has 1 unspecified atom stereocenters. The highest BCUT2D eigenvalue weighted by Gasteiger charge is 2.28. The SMILES string of the molecule is Cc1c(N)nc(C2CC2)nc1NC(C)c1ccc(Cl)cc1. The van der Waals surface area contributed by atoms with Crippen molar-refractivity contribution in [2.45, 2.75) is 38.6 Å². The van der Waals surface area contributed by atoms with Crippen molar-refractivity contribution in [3.63, 3.8) is 0 Å². The molecule has 0 amide bonds. The zero-order chi connectivity index (χ0) is 15.0. The molecule has 3 rings (SSSR count). The first-order chi connectivity index (χ1) is 10.0. The lowest BCUT2D eigenvalue weighted by Gasteiger charge is -2.18. The van der Waals surface area contributed by atoms with Gasteiger partial charge >= 0.3 is 0 Å². The van der Waals surface area contributed by atoms with Crippen molar-refractivity contribution in [1.82, 2.24) is 9.97 Å². The first-order valence-electron chi connectivity index (χ1n) is 7.20. The maximum atomic E-state index is 6.01. The first kappa shape index (κ1) is 14.1. The Labute approximate surface area is 129 Å². The van der Waals surface area contributed by atoms with E-state index in [0.29, 0.717) is 11.7 Å². The van der Waals surface area contributed by atoms with Crippen molar-refractivity contribution in [3.05, 3.63) is 46.2 Å². The lowest BCUT2D eigenvalue weighted by atomic mass is 10.1. The van der Waals surface area contributed by atoms with Crippen molar-refractivity contribution in [2.24, 2.45) is 0 Å². The predicted octanol–water partition coefficient (Wildman–Crippen LogP) is 4.07. The maximum absolute atomic E-state index is 6.01. The van der Waals surface area contributed by atoms with Crippen LogP contribution in [0.1, 0.15) is 48.7 Å². The van der Waals surface area contributed by atoms with Crippen LogP contribution >= 0.6 is 11.6 Å². The van der Waals surface area contributed by atoms with E-state index in [4.69, 9.17) is 17.3 Å². The van der Waals surface area contributed by atoms with Gasteiger partial charge in [-0.25, -0.2) is 9.97 Å². The van der Waals surface area contributed by atoms with Crippen molar-refractivity contribution in [3.8, 4) is 0 Å². The van der Waals surface area contributed by atoms with Gasteiger partial charge in [0.2, 0.25) is 0 Å². The Morgan fingerprint density at radius 2 is 1.90 bits per heavy atom. The Morgan fingerprint density at radius 3 is 2.52 bits per heavy atom. The van der Waals surface area contributed by atoms with Crippen LogP contribution in [0.15, 0.2) is 24.3 Å². The fourth-order valence-corrected chi connectivity index (χ4v) is 2.38. The number of halogens is 1. The van der Waals surface area contributed by atoms with E-state index in [0.717, 1.165) is 40.6 Å². The second-order valence-electron chi connectivity index (χ2n) is 5.63. The molecule has 4 nitrogen and oxygen atoms in total. The summed E-state index contributed by atoms with van der Waals surface area (Å²) in [6.45, 7) is 4.04. The summed E-state index contributed by atoms with van der Waals surface area (Å²) in [6, 6.07) is 7.95. The van der Waals surface area contributed by atoms with Gasteiger partial charge in [-0.3, -0.25) is 0 Å². The lowest BCUT2D eigenvalue weighted by Crippen LogP contribution is -2.12. The molecule has 2 aromatic rings. The maximum Gasteiger partial charge on any atom is 0.136 e. The highest BCUT2D eigenvalue weighted by molar-refractivity contribution is 6.30. The standard InChI is InChI=1S/C16H19ClN4/c1-9-14(18)20-16(12-3-4-12)21-15(9)19-10(2)11-5-7-13(17)8-6-11/h5-8,10,12H,3-4H2,1-2H3,(H3,18,19,20,21). The second-order valence-corrected chi connectivity index (χ2v) is 6.07. The number of nitrogens with two attached hydrogens (primary N) is 1. The average molecular weight is 303 g/mol. The minimum Gasteiger partial charge on any atom is -0.383 e. The smallest absolute Gasteiger partial charge is 0.136 e. The second kappa shape index (κ2) is 5.53. The van der Waals surface area contributed by atoms with Crippen molar-refractivity contribution >= 4 is 23.2 Å². The van der Waals surface area contributed by atoms with Crippen LogP contribution in [-0.2, 0) is 0 Å². The third kappa shape index (κ3) is 3.10. The fourth-order valence-electron chi connectivity index (χ4n) is 2.26. The van der Waals surface area contributed by atoms with E-state index in [1.165, 1.54) is 0 Å². The molecule has 0 aliphatic heterocycles. The molecule has 1 fully saturated rings. The molecule has 1 aliphatic carbocycles. The summed E-state index contributed by atoms with van der Waals surface area (Å²) < 4.78 is 0. The molecule has 0 spiro atoms. The van der Waals surface area contributed by atoms with Crippen LogP contribution in [0.2, 0.25) is 5.02 Å². The molecule has 0 radical (unpaired) electrons. The molecule has 110 valence electrons. The van der Waals surface area contributed by atoms with Gasteiger partial charge in [-0.1, -0.05) is 23.7 Å². The van der Waals surface area contributed by atoms with Gasteiger partial charge in [0, 0.05) is 22.5 Å². The third-order valence-electron chi connectivity index (χ3n) is 3.87. The van der Waals surface area contributed by atoms with Gasteiger partial charge in [-0.15, -0.1) is 0 Å². The van der Waals surface area contributed by atoms with Gasteiger partial charge in [-0.2, -0.15) is 0 Å². The Kier molecular flexibility index (Phi) is 3.72. The molecule has 1 aromatic carbocycles. The summed E-state index contributed by atoms with van der Waals surface area (Å²) in [5, 5.41) is 4.18. The van der Waals surface area contributed by atoms with Crippen LogP contribution < -0.4 is 11.1 Å². The first-order valence-corrected chi connectivity index (χ1v) is 7.58. The van der Waals surface area contributed by atoms with E-state index in [2.05, 4.69) is 22.2 Å². The van der Waals surface area contributed by atoms with Crippen LogP contribution in [0, 0.1) is 6.92 Å². The van der Waals surface area contributed by atoms with Crippen LogP contribution in [0.25, 0.3) is 0 Å². The van der Waals surface area contributed by atoms with E-state index in [-0.39, 0.29) is 6.04 Å². The van der Waals surface area contributed by atoms with E-state index < -0.39 is 0 Å². The van der Waals surface area contributed by atoms with Crippen molar-refractivity contribution < 1.29 is 0 Å². The molecule has 0 bridgehead atoms. The number of aromatic nitrogens is 2. The highest BCUT2D eigenvalue weighted by atomic mass is 35.5. The molecule has 21 heavy (non-hydrogen) atoms. The largest absolute Gasteiger partial charge is 0.383 e. The zero-order valence-electron chi connectivity index (χ0n) is 12.2. The third-order valence-corrected chi connectivity index (χ3v) is 4.12. The van der Waals surface area contributed by atoms with E-state index in [1.54, 1.807) is 0 Å². The number of anilines is 2. The van der Waals surface area contributed by atoms with Crippen LogP contribution in [0.3, 0.4) is 0 Å². The Morgan fingerprint density at radius 1 is 1.24 bits per heavy atom. The number of nitrogens with one attached hydrogen (secondary N) is 1. The lowest BCUT2D eigenvalue weighted by molar-refractivity contribution is 0.850. The molecule has 1 aromatic heterocycles. The average Bonchev–Trinajstić information content (AvgIpc) is 3.29. The highest BCUT2D eigenvalue weighted by Crippen LogP contribution is 2.39. The minimum absolute atomic E-state index is 0.127. The molecule has 0 saturated heterocycles. The van der Waals surface area contributed by atoms with Gasteiger partial charge in [0.05, 0.1) is 0 Å². The summed E-state index contributed by atoms with van der Waals surface area (Å²) in [4.78, 5) is 9.05. The van der Waals surface area contributed by atoms with Crippen LogP contribution in [-0.4, -0.2) is 9.97 Å². The Hall–Kier alpha value is -1.81. The minimum atomic E-state index is 0.127. The molecular weight excluding hydrogens is 284 g/mol.